The van der Waals surface area contributed by atoms with Gasteiger partial charge in [0.05, 0.1) is 7.32 Å². The van der Waals surface area contributed by atoms with Crippen LogP contribution in [0.4, 0.5) is 0 Å². The van der Waals surface area contributed by atoms with E-state index >= 15 is 0 Å². The third-order valence-corrected chi connectivity index (χ3v) is 0. The zero-order valence-corrected chi connectivity index (χ0v) is 14.0. The van der Waals surface area contributed by atoms with E-state index in [1.54, 1.807) is 0 Å². The predicted molar refractivity (Wildman–Crippen MR) is 32.8 cm³/mol. The van der Waals surface area contributed by atoms with Crippen molar-refractivity contribution in [3.8, 4) is 0 Å². The SMILES string of the molecule is OB(O)O.OB(O)O.[Cs+].[Li+].[O-]B([O-])O. The van der Waals surface area contributed by atoms with E-state index in [4.69, 9.17) is 45.2 Å². The molecule has 14 heavy (non-hydrogen) atoms. The maximum Gasteiger partial charge on any atom is 1.00 e. The normalized spacial score (nSPS) is 5.79. The molecule has 0 rings (SSSR count). The van der Waals surface area contributed by atoms with E-state index in [2.05, 4.69) is 0 Å². The van der Waals surface area contributed by atoms with Gasteiger partial charge in [-0.05, 0) is 0 Å². The van der Waals surface area contributed by atoms with Gasteiger partial charge < -0.3 is 45.2 Å². The minimum absolute atomic E-state index is 0. The van der Waals surface area contributed by atoms with E-state index in [0.717, 1.165) is 0 Å². The molecule has 0 amide bonds. The molecule has 0 aromatic heterocycles. The van der Waals surface area contributed by atoms with Crippen LogP contribution < -0.4 is 97.8 Å². The molecule has 0 unspecified atom stereocenters. The molecule has 0 saturated heterocycles. The van der Waals surface area contributed by atoms with Gasteiger partial charge in [-0.2, -0.15) is 0 Å². The molecule has 0 aromatic carbocycles. The van der Waals surface area contributed by atoms with Crippen LogP contribution in [0.1, 0.15) is 0 Å². The molecular weight excluding hydrogens is 316 g/mol. The van der Waals surface area contributed by atoms with Crippen LogP contribution >= 0.6 is 0 Å². The maximum atomic E-state index is 8.53. The second-order valence-electron chi connectivity index (χ2n) is 1.000. The Bertz CT molecular complexity index is 48.5. The van der Waals surface area contributed by atoms with Crippen molar-refractivity contribution in [1.29, 1.82) is 0 Å². The van der Waals surface area contributed by atoms with Gasteiger partial charge in [0, 0.05) is 0 Å². The van der Waals surface area contributed by atoms with Crippen molar-refractivity contribution in [2.75, 3.05) is 0 Å². The van der Waals surface area contributed by atoms with Crippen molar-refractivity contribution in [2.24, 2.45) is 0 Å². The van der Waals surface area contributed by atoms with Crippen molar-refractivity contribution in [2.45, 2.75) is 0 Å². The van der Waals surface area contributed by atoms with Gasteiger partial charge >= 0.3 is 102 Å². The van der Waals surface area contributed by atoms with E-state index in [1.165, 1.54) is 0 Å². The standard InChI is InChI=1S/2BH3O3.BHO3.Cs.Li/c3*2-1(3)4;;/h2*2-4H;2H;;/q;;-2;2*+1. The molecule has 0 aliphatic heterocycles. The van der Waals surface area contributed by atoms with Gasteiger partial charge in [0.1, 0.15) is 0 Å². The van der Waals surface area contributed by atoms with Gasteiger partial charge in [-0.1, -0.05) is 0 Å². The summed E-state index contributed by atoms with van der Waals surface area (Å²) in [7, 11) is -7.00. The molecule has 7 N–H and O–H groups in total. The Morgan fingerprint density at radius 1 is 0.643 bits per heavy atom. The summed E-state index contributed by atoms with van der Waals surface area (Å²) < 4.78 is 0. The average Bonchev–Trinajstić information content (AvgIpc) is 1.54. The monoisotopic (exact) mass is 324 g/mol. The summed E-state index contributed by atoms with van der Waals surface area (Å²) in [6, 6.07) is 0. The van der Waals surface area contributed by atoms with Crippen molar-refractivity contribution in [1.82, 2.24) is 0 Å². The van der Waals surface area contributed by atoms with E-state index in [0.29, 0.717) is 0 Å². The first-order valence-electron chi connectivity index (χ1n) is 2.28. The zero-order valence-electron chi connectivity index (χ0n) is 7.68. The second kappa shape index (κ2) is 24.6. The van der Waals surface area contributed by atoms with Crippen molar-refractivity contribution in [3.63, 3.8) is 0 Å². The minimum Gasteiger partial charge on any atom is -0.871 e. The molecule has 0 fully saturated rings. The van der Waals surface area contributed by atoms with Crippen LogP contribution in [-0.2, 0) is 0 Å². The van der Waals surface area contributed by atoms with Crippen LogP contribution in [0.25, 0.3) is 0 Å². The summed E-state index contributed by atoms with van der Waals surface area (Å²) in [5.41, 5.74) is 0. The fraction of sp³-hybridized carbons (Fsp3) is 0. The summed E-state index contributed by atoms with van der Waals surface area (Å²) >= 11 is 0. The summed E-state index contributed by atoms with van der Waals surface area (Å²) in [5, 5.41) is 67.0. The number of hydrogen-bond acceptors (Lipinski definition) is 9. The number of rotatable bonds is 0. The second-order valence-corrected chi connectivity index (χ2v) is 1.000. The molecule has 0 aromatic rings. The maximum absolute atomic E-state index is 8.53. The van der Waals surface area contributed by atoms with Crippen LogP contribution in [-0.4, -0.2) is 57.1 Å². The van der Waals surface area contributed by atoms with Crippen LogP contribution in [0.3, 0.4) is 0 Å². The Morgan fingerprint density at radius 2 is 0.643 bits per heavy atom. The summed E-state index contributed by atoms with van der Waals surface area (Å²) in [6.07, 6.45) is 0. The Labute approximate surface area is 152 Å². The minimum atomic E-state index is -2.67. The molecule has 14 heteroatoms. The number of hydrogen-bond donors (Lipinski definition) is 7. The first-order chi connectivity index (χ1) is 5.20. The Kier molecular flexibility index (Phi) is 52.7. The van der Waals surface area contributed by atoms with Gasteiger partial charge in [0.2, 0.25) is 0 Å². The van der Waals surface area contributed by atoms with Crippen LogP contribution in [0.2, 0.25) is 0 Å². The molecule has 0 bridgehead atoms. The van der Waals surface area contributed by atoms with E-state index < -0.39 is 22.0 Å². The molecular formula is H7B3CsLiO9. The fourth-order valence-corrected chi connectivity index (χ4v) is 0. The van der Waals surface area contributed by atoms with E-state index in [1.807, 2.05) is 0 Å². The Hall–Kier alpha value is 2.48. The Balaban J connectivity index is -0.0000000270. The van der Waals surface area contributed by atoms with Crippen molar-refractivity contribution >= 4 is 22.0 Å². The van der Waals surface area contributed by atoms with Crippen molar-refractivity contribution < 1.29 is 133 Å². The molecule has 9 nitrogen and oxygen atoms in total. The molecule has 0 aliphatic carbocycles. The van der Waals surface area contributed by atoms with E-state index in [9.17, 15) is 0 Å². The van der Waals surface area contributed by atoms with Gasteiger partial charge in [0.15, 0.2) is 0 Å². The summed E-state index contributed by atoms with van der Waals surface area (Å²) in [4.78, 5) is 0. The molecule has 0 aliphatic rings. The summed E-state index contributed by atoms with van der Waals surface area (Å²) in [5.74, 6) is 0. The summed E-state index contributed by atoms with van der Waals surface area (Å²) in [6.45, 7) is 0. The zero-order chi connectivity index (χ0) is 10.7. The average molecular weight is 323 g/mol. The van der Waals surface area contributed by atoms with Gasteiger partial charge in [-0.15, -0.1) is 0 Å². The van der Waals surface area contributed by atoms with Crippen molar-refractivity contribution in [3.05, 3.63) is 0 Å². The molecule has 72 valence electrons. The van der Waals surface area contributed by atoms with E-state index in [-0.39, 0.29) is 87.8 Å². The predicted octanol–water partition coefficient (Wildman–Crippen LogP) is -13.4. The molecule has 0 atom stereocenters. The molecule has 0 saturated carbocycles. The quantitative estimate of drug-likeness (QED) is 0.212. The van der Waals surface area contributed by atoms with Crippen LogP contribution in [0.5, 0.6) is 0 Å². The van der Waals surface area contributed by atoms with Gasteiger partial charge in [-0.3, -0.25) is 0 Å². The molecule has 0 radical (unpaired) electrons. The Morgan fingerprint density at radius 3 is 0.643 bits per heavy atom. The largest absolute Gasteiger partial charge is 1.00 e. The van der Waals surface area contributed by atoms with Crippen LogP contribution in [0, 0.1) is 0 Å². The topological polar surface area (TPSA) is 188 Å². The van der Waals surface area contributed by atoms with Gasteiger partial charge in [0.25, 0.3) is 0 Å². The molecule has 0 heterocycles. The first-order valence-corrected chi connectivity index (χ1v) is 2.28. The third-order valence-electron chi connectivity index (χ3n) is 0. The third kappa shape index (κ3) is 427. The van der Waals surface area contributed by atoms with Gasteiger partial charge in [-0.25, -0.2) is 0 Å². The molecule has 0 spiro atoms. The first kappa shape index (κ1) is 30.0. The smallest absolute Gasteiger partial charge is 0.871 e. The van der Waals surface area contributed by atoms with Crippen LogP contribution in [0.15, 0.2) is 0 Å². The fourth-order valence-electron chi connectivity index (χ4n) is 0.